The van der Waals surface area contributed by atoms with Gasteiger partial charge in [0, 0.05) is 36.3 Å². The van der Waals surface area contributed by atoms with Crippen LogP contribution in [-0.4, -0.2) is 36.1 Å². The number of pyridine rings is 1. The Morgan fingerprint density at radius 2 is 2.00 bits per heavy atom. The molecule has 0 radical (unpaired) electrons. The van der Waals surface area contributed by atoms with E-state index in [4.69, 9.17) is 5.11 Å². The second-order valence-electron chi connectivity index (χ2n) is 5.60. The standard InChI is InChI=1S/C16H15F3N2O.CH4O/c1-10-3-2-6-21(10)14-8-15(16(17,18)19)20-13-5-4-11(9-22)7-12(13)14;1-2/h4-5,7-10H,2-3,6H2,1H3;2H,1H3. The summed E-state index contributed by atoms with van der Waals surface area (Å²) in [4.78, 5) is 16.6. The van der Waals surface area contributed by atoms with Gasteiger partial charge in [-0.1, -0.05) is 0 Å². The highest BCUT2D eigenvalue weighted by molar-refractivity contribution is 5.96. The lowest BCUT2D eigenvalue weighted by molar-refractivity contribution is -0.140. The zero-order valence-electron chi connectivity index (χ0n) is 13.5. The number of nitrogens with zero attached hydrogens (tertiary/aromatic N) is 2. The van der Waals surface area contributed by atoms with E-state index in [0.29, 0.717) is 29.5 Å². The Hall–Kier alpha value is -2.15. The number of aliphatic hydroxyl groups excluding tert-OH is 1. The number of carbonyl (C=O) groups is 1. The average Bonchev–Trinajstić information content (AvgIpc) is 3.00. The van der Waals surface area contributed by atoms with E-state index in [9.17, 15) is 18.0 Å². The minimum atomic E-state index is -4.49. The van der Waals surface area contributed by atoms with Crippen molar-refractivity contribution >= 4 is 22.9 Å². The topological polar surface area (TPSA) is 53.4 Å². The van der Waals surface area contributed by atoms with Gasteiger partial charge in [-0.25, -0.2) is 4.98 Å². The van der Waals surface area contributed by atoms with E-state index in [0.717, 1.165) is 26.0 Å². The molecule has 0 saturated carbocycles. The fourth-order valence-corrected chi connectivity index (χ4v) is 2.97. The van der Waals surface area contributed by atoms with Crippen LogP contribution in [0.25, 0.3) is 10.9 Å². The predicted molar refractivity (Wildman–Crippen MR) is 86.3 cm³/mol. The van der Waals surface area contributed by atoms with Crippen molar-refractivity contribution in [3.05, 3.63) is 35.5 Å². The van der Waals surface area contributed by atoms with Gasteiger partial charge in [-0.15, -0.1) is 0 Å². The van der Waals surface area contributed by atoms with Crippen molar-refractivity contribution in [3.8, 4) is 0 Å². The van der Waals surface area contributed by atoms with Gasteiger partial charge in [0.15, 0.2) is 0 Å². The maximum Gasteiger partial charge on any atom is 0.433 e. The molecule has 4 nitrogen and oxygen atoms in total. The molecule has 1 unspecified atom stereocenters. The quantitative estimate of drug-likeness (QED) is 0.848. The number of aliphatic hydroxyl groups is 1. The maximum absolute atomic E-state index is 13.1. The van der Waals surface area contributed by atoms with Gasteiger partial charge in [-0.05, 0) is 44.0 Å². The molecule has 1 aromatic heterocycles. The van der Waals surface area contributed by atoms with E-state index >= 15 is 0 Å². The minimum absolute atomic E-state index is 0.173. The molecule has 0 spiro atoms. The van der Waals surface area contributed by atoms with E-state index < -0.39 is 11.9 Å². The molecule has 1 aliphatic rings. The number of benzene rings is 1. The molecule has 1 aromatic carbocycles. The number of alkyl halides is 3. The van der Waals surface area contributed by atoms with Crippen LogP contribution in [0, 0.1) is 0 Å². The SMILES string of the molecule is CC1CCCN1c1cc(C(F)(F)F)nc2ccc(C=O)cc12.CO. The molecule has 1 saturated heterocycles. The van der Waals surface area contributed by atoms with Crippen molar-refractivity contribution in [2.75, 3.05) is 18.6 Å². The van der Waals surface area contributed by atoms with Crippen LogP contribution in [0.4, 0.5) is 18.9 Å². The van der Waals surface area contributed by atoms with Gasteiger partial charge < -0.3 is 10.0 Å². The molecular formula is C17H19F3N2O2. The van der Waals surface area contributed by atoms with Crippen LogP contribution < -0.4 is 4.90 Å². The number of halogens is 3. The summed E-state index contributed by atoms with van der Waals surface area (Å²) in [7, 11) is 1.00. The first-order chi connectivity index (χ1) is 11.4. The number of hydrogen-bond acceptors (Lipinski definition) is 4. The third kappa shape index (κ3) is 3.51. The molecule has 0 aliphatic carbocycles. The monoisotopic (exact) mass is 340 g/mol. The number of hydrogen-bond donors (Lipinski definition) is 1. The van der Waals surface area contributed by atoms with Crippen LogP contribution in [0.5, 0.6) is 0 Å². The molecule has 2 heterocycles. The lowest BCUT2D eigenvalue weighted by Gasteiger charge is -2.26. The number of carbonyl (C=O) groups excluding carboxylic acids is 1. The van der Waals surface area contributed by atoms with E-state index in [1.165, 1.54) is 12.1 Å². The number of rotatable bonds is 2. The smallest absolute Gasteiger partial charge is 0.400 e. The van der Waals surface area contributed by atoms with Crippen molar-refractivity contribution < 1.29 is 23.1 Å². The molecule has 1 aliphatic heterocycles. The summed E-state index contributed by atoms with van der Waals surface area (Å²) < 4.78 is 39.3. The molecule has 2 aromatic rings. The fraction of sp³-hybridized carbons (Fsp3) is 0.412. The molecule has 1 N–H and O–H groups in total. The summed E-state index contributed by atoms with van der Waals surface area (Å²) in [5.74, 6) is 0. The normalized spacial score (nSPS) is 17.6. The Kier molecular flexibility index (Phi) is 5.43. The number of anilines is 1. The first kappa shape index (κ1) is 18.2. The second kappa shape index (κ2) is 7.17. The predicted octanol–water partition coefficient (Wildman–Crippen LogP) is 3.66. The van der Waals surface area contributed by atoms with Gasteiger partial charge in [-0.2, -0.15) is 13.2 Å². The molecule has 0 bridgehead atoms. The lowest BCUT2D eigenvalue weighted by atomic mass is 10.1. The van der Waals surface area contributed by atoms with E-state index in [-0.39, 0.29) is 11.6 Å². The van der Waals surface area contributed by atoms with Crippen LogP contribution in [0.3, 0.4) is 0 Å². The van der Waals surface area contributed by atoms with E-state index in [1.807, 2.05) is 11.8 Å². The molecule has 1 atom stereocenters. The average molecular weight is 340 g/mol. The molecular weight excluding hydrogens is 321 g/mol. The van der Waals surface area contributed by atoms with Gasteiger partial charge in [0.1, 0.15) is 12.0 Å². The first-order valence-electron chi connectivity index (χ1n) is 7.58. The number of aldehydes is 1. The van der Waals surface area contributed by atoms with E-state index in [1.54, 1.807) is 6.07 Å². The highest BCUT2D eigenvalue weighted by atomic mass is 19.4. The first-order valence-corrected chi connectivity index (χ1v) is 7.58. The molecule has 7 heteroatoms. The Bertz CT molecular complexity index is 732. The Morgan fingerprint density at radius 1 is 1.29 bits per heavy atom. The largest absolute Gasteiger partial charge is 0.433 e. The molecule has 3 rings (SSSR count). The van der Waals surface area contributed by atoms with Gasteiger partial charge in [0.25, 0.3) is 0 Å². The van der Waals surface area contributed by atoms with Crippen LogP contribution in [0.15, 0.2) is 24.3 Å². The van der Waals surface area contributed by atoms with Crippen molar-refractivity contribution in [1.29, 1.82) is 0 Å². The highest BCUT2D eigenvalue weighted by Crippen LogP contribution is 2.37. The molecule has 130 valence electrons. The van der Waals surface area contributed by atoms with Gasteiger partial charge in [0.2, 0.25) is 0 Å². The van der Waals surface area contributed by atoms with Crippen LogP contribution in [-0.2, 0) is 6.18 Å². The summed E-state index contributed by atoms with van der Waals surface area (Å²) in [6.45, 7) is 2.71. The summed E-state index contributed by atoms with van der Waals surface area (Å²) in [6, 6.07) is 5.83. The lowest BCUT2D eigenvalue weighted by Crippen LogP contribution is -2.27. The van der Waals surface area contributed by atoms with Crippen molar-refractivity contribution in [1.82, 2.24) is 4.98 Å². The van der Waals surface area contributed by atoms with E-state index in [2.05, 4.69) is 4.98 Å². The zero-order chi connectivity index (χ0) is 17.9. The Balaban J connectivity index is 0.00000100. The second-order valence-corrected chi connectivity index (χ2v) is 5.60. The van der Waals surface area contributed by atoms with Crippen LogP contribution in [0.1, 0.15) is 35.8 Å². The molecule has 0 amide bonds. The van der Waals surface area contributed by atoms with Crippen molar-refractivity contribution in [3.63, 3.8) is 0 Å². The third-order valence-electron chi connectivity index (χ3n) is 4.10. The van der Waals surface area contributed by atoms with Crippen molar-refractivity contribution in [2.45, 2.75) is 32.0 Å². The Labute approximate surface area is 137 Å². The minimum Gasteiger partial charge on any atom is -0.400 e. The van der Waals surface area contributed by atoms with Crippen molar-refractivity contribution in [2.24, 2.45) is 0 Å². The number of fused-ring (bicyclic) bond motifs is 1. The third-order valence-corrected chi connectivity index (χ3v) is 4.10. The summed E-state index contributed by atoms with van der Waals surface area (Å²) in [6.07, 6.45) is -1.91. The van der Waals surface area contributed by atoms with Crippen LogP contribution >= 0.6 is 0 Å². The van der Waals surface area contributed by atoms with Gasteiger partial charge in [-0.3, -0.25) is 4.79 Å². The fourth-order valence-electron chi connectivity index (χ4n) is 2.97. The summed E-state index contributed by atoms with van der Waals surface area (Å²) in [5.41, 5.74) is 0.302. The summed E-state index contributed by atoms with van der Waals surface area (Å²) >= 11 is 0. The Morgan fingerprint density at radius 3 is 2.54 bits per heavy atom. The molecule has 1 fully saturated rings. The molecule has 24 heavy (non-hydrogen) atoms. The highest BCUT2D eigenvalue weighted by Gasteiger charge is 2.34. The van der Waals surface area contributed by atoms with Crippen LogP contribution in [0.2, 0.25) is 0 Å². The maximum atomic E-state index is 13.1. The van der Waals surface area contributed by atoms with Gasteiger partial charge >= 0.3 is 6.18 Å². The zero-order valence-corrected chi connectivity index (χ0v) is 13.5. The van der Waals surface area contributed by atoms with Gasteiger partial charge in [0.05, 0.1) is 5.52 Å². The number of aromatic nitrogens is 1. The summed E-state index contributed by atoms with van der Waals surface area (Å²) in [5, 5.41) is 7.59.